The van der Waals surface area contributed by atoms with Gasteiger partial charge in [-0.2, -0.15) is 0 Å². The molecule has 0 rings (SSSR count). The summed E-state index contributed by atoms with van der Waals surface area (Å²) in [5, 5.41) is 14.6. The molecule has 69 heavy (non-hydrogen) atoms. The molecule has 0 saturated carbocycles. The fraction of sp³-hybridized carbons (Fsp3) is 0.692. The first-order valence-electron chi connectivity index (χ1n) is 22.2. The Bertz CT molecular complexity index is 1800. The lowest BCUT2D eigenvalue weighted by Gasteiger charge is -2.26. The zero-order chi connectivity index (χ0) is 52.5. The molecule has 3 unspecified atom stereocenters. The molecule has 7 atom stereocenters. The number of amides is 3. The van der Waals surface area contributed by atoms with Crippen molar-refractivity contribution in [3.63, 3.8) is 0 Å². The largest absolute Gasteiger partial charge is 0.480 e. The molecule has 0 radical (unpaired) electrons. The maximum absolute atomic E-state index is 14.4. The molecule has 0 aromatic heterocycles. The smallest absolute Gasteiger partial charge is 0.321 e. The summed E-state index contributed by atoms with van der Waals surface area (Å²) < 4.78 is 0. The van der Waals surface area contributed by atoms with Gasteiger partial charge in [0.05, 0.1) is 18.1 Å². The number of carbonyl (C=O) groups is 7. The minimum absolute atomic E-state index is 0.00775. The van der Waals surface area contributed by atoms with E-state index >= 15 is 0 Å². The normalized spacial score (nSPS) is 13.9. The van der Waals surface area contributed by atoms with E-state index in [1.807, 2.05) is 0 Å². The number of guanidine groups is 5. The number of primary amides is 1. The number of nitrogens with zero attached hydrogens (tertiary/aromatic N) is 5. The lowest BCUT2D eigenvalue weighted by molar-refractivity contribution is -0.138. The van der Waals surface area contributed by atoms with E-state index in [4.69, 9.17) is 79.6 Å². The molecule has 28 nitrogen and oxygen atoms in total. The first-order chi connectivity index (χ1) is 32.4. The molecule has 0 aromatic rings. The molecule has 0 aromatic carbocycles. The van der Waals surface area contributed by atoms with E-state index in [9.17, 15) is 33.6 Å². The van der Waals surface area contributed by atoms with Gasteiger partial charge < -0.3 is 90.3 Å². The quantitative estimate of drug-likeness (QED) is 0.0118. The predicted molar refractivity (Wildman–Crippen MR) is 270 cm³/mol. The molecular formula is C39H76N20O8S2. The van der Waals surface area contributed by atoms with Crippen LogP contribution >= 0.6 is 21.6 Å². The number of Topliss-reactive ketones (excluding diaryl/α,β-unsaturated/α-hetero) is 3. The van der Waals surface area contributed by atoms with Crippen molar-refractivity contribution in [2.24, 2.45) is 117 Å². The monoisotopic (exact) mass is 1020 g/mol. The van der Waals surface area contributed by atoms with Gasteiger partial charge in [0.25, 0.3) is 0 Å². The van der Waals surface area contributed by atoms with Crippen LogP contribution < -0.4 is 85.2 Å². The number of nitrogens with one attached hydrogen (secondary N) is 2. The third kappa shape index (κ3) is 31.5. The van der Waals surface area contributed by atoms with Gasteiger partial charge in [-0.05, 0) is 64.2 Å². The van der Waals surface area contributed by atoms with Crippen LogP contribution in [0.3, 0.4) is 0 Å². The van der Waals surface area contributed by atoms with Gasteiger partial charge in [0.2, 0.25) is 17.7 Å². The molecule has 0 heterocycles. The Balaban J connectivity index is 6.76. The number of hydrogen-bond donors (Lipinski definition) is 16. The molecule has 0 fully saturated rings. The van der Waals surface area contributed by atoms with Gasteiger partial charge in [-0.3, -0.25) is 58.5 Å². The third-order valence-electron chi connectivity index (χ3n) is 10.1. The minimum atomic E-state index is -1.22. The summed E-state index contributed by atoms with van der Waals surface area (Å²) in [7, 11) is 2.28. The highest BCUT2D eigenvalue weighted by atomic mass is 33.1. The van der Waals surface area contributed by atoms with Crippen molar-refractivity contribution in [2.75, 3.05) is 44.2 Å². The fourth-order valence-electron chi connectivity index (χ4n) is 6.42. The van der Waals surface area contributed by atoms with Crippen molar-refractivity contribution < 1.29 is 38.7 Å². The van der Waals surface area contributed by atoms with Crippen LogP contribution in [0.4, 0.5) is 0 Å². The van der Waals surface area contributed by atoms with Crippen LogP contribution in [0, 0.1) is 17.8 Å². The Hall–Kier alpha value is -6.14. The van der Waals surface area contributed by atoms with E-state index in [0.717, 1.165) is 21.6 Å². The first kappa shape index (κ1) is 62.9. The first-order valence-corrected chi connectivity index (χ1v) is 24.7. The van der Waals surface area contributed by atoms with Crippen molar-refractivity contribution in [2.45, 2.75) is 108 Å². The summed E-state index contributed by atoms with van der Waals surface area (Å²) in [6.07, 6.45) is 0.529. The van der Waals surface area contributed by atoms with Crippen molar-refractivity contribution in [1.29, 1.82) is 0 Å². The second-order valence-corrected chi connectivity index (χ2v) is 18.5. The van der Waals surface area contributed by atoms with E-state index in [1.165, 1.54) is 0 Å². The van der Waals surface area contributed by atoms with Crippen LogP contribution in [0.1, 0.15) is 83.5 Å². The van der Waals surface area contributed by atoms with Gasteiger partial charge in [0.15, 0.2) is 47.1 Å². The van der Waals surface area contributed by atoms with Crippen molar-refractivity contribution in [3.8, 4) is 0 Å². The number of carboxylic acid groups (broad SMARTS) is 1. The number of aliphatic carboxylic acids is 1. The number of rotatable bonds is 40. The standard InChI is InChI=1S/C39H76N20O8S2/c40-24(19-68-69-20-25(41)34(66)67)28(60)17-22(7-2-12-54-36(45)46)32(64)59-27(10-5-15-57-39(51)52)30(62)18-23(8-3-13-55-37(47)48)33(65)58-26(9-4-14-56-38(49)50)29(61)16-21(31(42)63)6-1-11-53-35(43)44/h21-27H,1-20,40-41H2,(H2,42,63)(H,58,65)(H,59,64)(H,66,67)(H4,43,44,53)(H4,45,46,54)(H4,47,48,55)(H4,49,50,56)(H4,51,52,57)/t21-,22-,23-,24?,25+,26?,27?/m1/s1. The van der Waals surface area contributed by atoms with Crippen LogP contribution in [0.25, 0.3) is 0 Å². The summed E-state index contributed by atoms with van der Waals surface area (Å²) in [5.41, 5.74) is 72.1. The van der Waals surface area contributed by atoms with Crippen LogP contribution in [0.15, 0.2) is 25.0 Å². The summed E-state index contributed by atoms with van der Waals surface area (Å²) in [4.78, 5) is 113. The van der Waals surface area contributed by atoms with Crippen LogP contribution in [-0.4, -0.2) is 144 Å². The Morgan fingerprint density at radius 2 is 0.710 bits per heavy atom. The Labute approximate surface area is 409 Å². The number of carbonyl (C=O) groups excluding carboxylic acids is 6. The highest BCUT2D eigenvalue weighted by Crippen LogP contribution is 2.24. The number of aliphatic imine (C=N–C) groups is 5. The van der Waals surface area contributed by atoms with E-state index in [1.54, 1.807) is 0 Å². The second-order valence-electron chi connectivity index (χ2n) is 16.0. The van der Waals surface area contributed by atoms with E-state index in [2.05, 4.69) is 35.6 Å². The number of ketones is 3. The van der Waals surface area contributed by atoms with E-state index in [0.29, 0.717) is 6.42 Å². The molecule has 0 aliphatic rings. The lowest BCUT2D eigenvalue weighted by Crippen LogP contribution is -2.48. The maximum Gasteiger partial charge on any atom is 0.321 e. The van der Waals surface area contributed by atoms with Gasteiger partial charge in [-0.25, -0.2) is 0 Å². The predicted octanol–water partition coefficient (Wildman–Crippen LogP) is -5.44. The van der Waals surface area contributed by atoms with Crippen LogP contribution in [0.2, 0.25) is 0 Å². The minimum Gasteiger partial charge on any atom is -0.480 e. The number of carboxylic acids is 1. The summed E-state index contributed by atoms with van der Waals surface area (Å²) in [5.74, 6) is -8.64. The SMILES string of the molecule is NC(=O)[C@H](CCCN=C(N)N)CC(=O)C(CCCN=C(N)N)NC(=O)[C@H](CCCN=C(N)N)CC(=O)C(CCCN=C(N)N)NC(=O)[C@H](CCCN=C(N)N)CC(=O)C(N)CSSC[C@H](N)C(=O)O. The van der Waals surface area contributed by atoms with Crippen molar-refractivity contribution in [3.05, 3.63) is 0 Å². The fourth-order valence-corrected chi connectivity index (χ4v) is 8.69. The molecule has 3 amide bonds. The molecule has 30 heteroatoms. The van der Waals surface area contributed by atoms with Crippen LogP contribution in [-0.2, 0) is 33.6 Å². The van der Waals surface area contributed by atoms with Crippen molar-refractivity contribution in [1.82, 2.24) is 10.6 Å². The van der Waals surface area contributed by atoms with Gasteiger partial charge in [0, 0.05) is 81.2 Å². The van der Waals surface area contributed by atoms with Gasteiger partial charge in [-0.1, -0.05) is 21.6 Å². The third-order valence-corrected chi connectivity index (χ3v) is 12.6. The number of hydrogen-bond acceptors (Lipinski definition) is 16. The molecule has 0 saturated heterocycles. The molecule has 0 aliphatic heterocycles. The zero-order valence-corrected chi connectivity index (χ0v) is 40.7. The summed E-state index contributed by atoms with van der Waals surface area (Å²) in [6.45, 7) is 0.586. The lowest BCUT2D eigenvalue weighted by atomic mass is 9.89. The highest BCUT2D eigenvalue weighted by molar-refractivity contribution is 8.76. The van der Waals surface area contributed by atoms with Gasteiger partial charge in [-0.15, -0.1) is 0 Å². The van der Waals surface area contributed by atoms with Crippen LogP contribution in [0.5, 0.6) is 0 Å². The average Bonchev–Trinajstić information content (AvgIpc) is 3.26. The molecule has 0 spiro atoms. The Kier molecular flexibility index (Phi) is 32.7. The van der Waals surface area contributed by atoms with Crippen molar-refractivity contribution >= 4 is 92.4 Å². The summed E-state index contributed by atoms with van der Waals surface area (Å²) in [6, 6.07) is -4.54. The Morgan fingerprint density at radius 1 is 0.420 bits per heavy atom. The Morgan fingerprint density at radius 3 is 1.03 bits per heavy atom. The molecular weight excluding hydrogens is 941 g/mol. The molecule has 0 aliphatic carbocycles. The topological polar surface area (TPSA) is 564 Å². The molecule has 392 valence electrons. The highest BCUT2D eigenvalue weighted by Gasteiger charge is 2.33. The number of nitrogens with two attached hydrogens (primary N) is 13. The summed E-state index contributed by atoms with van der Waals surface area (Å²) >= 11 is 0. The van der Waals surface area contributed by atoms with Gasteiger partial charge >= 0.3 is 5.97 Å². The maximum atomic E-state index is 14.4. The van der Waals surface area contributed by atoms with E-state index in [-0.39, 0.29) is 145 Å². The van der Waals surface area contributed by atoms with E-state index < -0.39 is 89.4 Å². The average molecular weight is 1020 g/mol. The van der Waals surface area contributed by atoms with Gasteiger partial charge in [0.1, 0.15) is 6.04 Å². The second kappa shape index (κ2) is 35.9. The molecule has 29 N–H and O–H groups in total. The molecule has 0 bridgehead atoms. The zero-order valence-electron chi connectivity index (χ0n) is 39.0.